The summed E-state index contributed by atoms with van der Waals surface area (Å²) in [6.45, 7) is 13.2. The normalized spacial score (nSPS) is 22.1. The van der Waals surface area contributed by atoms with Gasteiger partial charge in [-0.2, -0.15) is 0 Å². The summed E-state index contributed by atoms with van der Waals surface area (Å²) in [7, 11) is 0. The van der Waals surface area contributed by atoms with Gasteiger partial charge >= 0.3 is 6.09 Å². The minimum atomic E-state index is -0.446. The van der Waals surface area contributed by atoms with Gasteiger partial charge in [0.2, 0.25) is 0 Å². The second-order valence-electron chi connectivity index (χ2n) is 7.59. The molecule has 1 aliphatic heterocycles. The molecule has 2 N–H and O–H groups in total. The molecule has 1 amide bonds. The van der Waals surface area contributed by atoms with Crippen molar-refractivity contribution in [1.29, 1.82) is 0 Å². The maximum Gasteiger partial charge on any atom is 0.407 e. The van der Waals surface area contributed by atoms with Crippen LogP contribution in [0.2, 0.25) is 0 Å². The Morgan fingerprint density at radius 1 is 1.32 bits per heavy atom. The van der Waals surface area contributed by atoms with Gasteiger partial charge in [0.05, 0.1) is 0 Å². The minimum Gasteiger partial charge on any atom is -0.444 e. The van der Waals surface area contributed by atoms with Crippen LogP contribution in [0.25, 0.3) is 0 Å². The van der Waals surface area contributed by atoms with E-state index in [4.69, 9.17) is 4.74 Å². The molecule has 0 aromatic heterocycles. The van der Waals surface area contributed by atoms with Gasteiger partial charge in [-0.3, -0.25) is 0 Å². The van der Waals surface area contributed by atoms with Crippen molar-refractivity contribution in [2.75, 3.05) is 6.54 Å². The van der Waals surface area contributed by atoms with Crippen LogP contribution in [0.15, 0.2) is 0 Å². The number of hydrogen-bond acceptors (Lipinski definition) is 3. The van der Waals surface area contributed by atoms with E-state index in [0.717, 1.165) is 13.0 Å². The van der Waals surface area contributed by atoms with Gasteiger partial charge < -0.3 is 15.4 Å². The molecule has 0 aromatic carbocycles. The van der Waals surface area contributed by atoms with E-state index in [9.17, 15) is 4.79 Å². The predicted molar refractivity (Wildman–Crippen MR) is 78.3 cm³/mol. The van der Waals surface area contributed by atoms with E-state index in [2.05, 4.69) is 31.4 Å². The van der Waals surface area contributed by atoms with Crippen LogP contribution in [0.4, 0.5) is 4.79 Å². The fraction of sp³-hybridized carbons (Fsp3) is 0.933. The summed E-state index contributed by atoms with van der Waals surface area (Å²) >= 11 is 0. The number of carbonyl (C=O) groups is 1. The van der Waals surface area contributed by atoms with Crippen molar-refractivity contribution in [3.63, 3.8) is 0 Å². The smallest absolute Gasteiger partial charge is 0.407 e. The van der Waals surface area contributed by atoms with E-state index in [0.29, 0.717) is 6.04 Å². The lowest BCUT2D eigenvalue weighted by Crippen LogP contribution is -2.48. The summed E-state index contributed by atoms with van der Waals surface area (Å²) in [5.41, 5.74) is -0.417. The summed E-state index contributed by atoms with van der Waals surface area (Å²) in [5.74, 6) is 0. The molecule has 0 bridgehead atoms. The lowest BCUT2D eigenvalue weighted by molar-refractivity contribution is 0.0454. The van der Waals surface area contributed by atoms with Crippen LogP contribution in [-0.2, 0) is 4.74 Å². The van der Waals surface area contributed by atoms with E-state index in [-0.39, 0.29) is 17.6 Å². The van der Waals surface area contributed by atoms with Crippen LogP contribution in [0.3, 0.4) is 0 Å². The lowest BCUT2D eigenvalue weighted by Gasteiger charge is -2.34. The minimum absolute atomic E-state index is 0.0289. The van der Waals surface area contributed by atoms with Gasteiger partial charge in [0.25, 0.3) is 0 Å². The number of nitrogens with one attached hydrogen (secondary N) is 2. The molecule has 1 rings (SSSR count). The Morgan fingerprint density at radius 3 is 2.37 bits per heavy atom. The van der Waals surface area contributed by atoms with Crippen molar-refractivity contribution in [2.24, 2.45) is 5.41 Å². The van der Waals surface area contributed by atoms with Gasteiger partial charge in [0, 0.05) is 12.1 Å². The third-order valence-corrected chi connectivity index (χ3v) is 3.42. The molecule has 19 heavy (non-hydrogen) atoms. The molecule has 1 saturated heterocycles. The van der Waals surface area contributed by atoms with E-state index in [1.165, 1.54) is 12.8 Å². The molecule has 4 nitrogen and oxygen atoms in total. The molecule has 0 aliphatic carbocycles. The Bertz CT molecular complexity index is 296. The first-order valence-electron chi connectivity index (χ1n) is 7.31. The number of ether oxygens (including phenoxy) is 1. The van der Waals surface area contributed by atoms with Crippen molar-refractivity contribution in [2.45, 2.75) is 78.5 Å². The molecule has 0 radical (unpaired) electrons. The Hall–Kier alpha value is -0.770. The standard InChI is InChI=1S/C15H30N2O2/c1-14(2,3)12(10-11-8-7-9-16-11)17-13(18)19-15(4,5)6/h11-12,16H,7-10H2,1-6H3,(H,17,18). The number of alkyl carbamates (subject to hydrolysis) is 1. The van der Waals surface area contributed by atoms with E-state index >= 15 is 0 Å². The van der Waals surface area contributed by atoms with Crippen LogP contribution in [0, 0.1) is 5.41 Å². The molecule has 2 atom stereocenters. The highest BCUT2D eigenvalue weighted by Crippen LogP contribution is 2.25. The first-order valence-corrected chi connectivity index (χ1v) is 7.31. The SMILES string of the molecule is CC(C)(C)OC(=O)NC(CC1CCCN1)C(C)(C)C. The average molecular weight is 270 g/mol. The second-order valence-corrected chi connectivity index (χ2v) is 7.59. The zero-order valence-corrected chi connectivity index (χ0v) is 13.3. The molecule has 1 fully saturated rings. The zero-order chi connectivity index (χ0) is 14.7. The van der Waals surface area contributed by atoms with Crippen molar-refractivity contribution in [3.05, 3.63) is 0 Å². The number of amides is 1. The molecule has 4 heteroatoms. The number of rotatable bonds is 3. The van der Waals surface area contributed by atoms with Crippen LogP contribution in [-0.4, -0.2) is 30.3 Å². The maximum atomic E-state index is 11.9. The van der Waals surface area contributed by atoms with Gasteiger partial charge in [-0.15, -0.1) is 0 Å². The summed E-state index contributed by atoms with van der Waals surface area (Å²) < 4.78 is 5.36. The number of hydrogen-bond donors (Lipinski definition) is 2. The molecule has 0 saturated carbocycles. The molecule has 0 spiro atoms. The Balaban J connectivity index is 2.57. The highest BCUT2D eigenvalue weighted by Gasteiger charge is 2.31. The van der Waals surface area contributed by atoms with Gasteiger partial charge in [-0.1, -0.05) is 20.8 Å². The summed E-state index contributed by atoms with van der Waals surface area (Å²) in [4.78, 5) is 11.9. The predicted octanol–water partition coefficient (Wildman–Crippen LogP) is 3.07. The van der Waals surface area contributed by atoms with Gasteiger partial charge in [-0.05, 0) is 52.0 Å². The maximum absolute atomic E-state index is 11.9. The topological polar surface area (TPSA) is 50.4 Å². The molecule has 1 aliphatic rings. The van der Waals surface area contributed by atoms with Crippen LogP contribution < -0.4 is 10.6 Å². The fourth-order valence-electron chi connectivity index (χ4n) is 2.32. The van der Waals surface area contributed by atoms with Crippen LogP contribution in [0.1, 0.15) is 60.8 Å². The molecule has 2 unspecified atom stereocenters. The molecule has 0 aromatic rings. The van der Waals surface area contributed by atoms with E-state index < -0.39 is 5.60 Å². The lowest BCUT2D eigenvalue weighted by atomic mass is 9.83. The summed E-state index contributed by atoms with van der Waals surface area (Å²) in [5, 5.41) is 6.53. The molecule has 1 heterocycles. The Morgan fingerprint density at radius 2 is 1.95 bits per heavy atom. The summed E-state index contributed by atoms with van der Waals surface area (Å²) in [6.07, 6.45) is 3.07. The summed E-state index contributed by atoms with van der Waals surface area (Å²) in [6, 6.07) is 0.636. The van der Waals surface area contributed by atoms with Crippen LogP contribution in [0.5, 0.6) is 0 Å². The fourth-order valence-corrected chi connectivity index (χ4v) is 2.32. The first kappa shape index (κ1) is 16.3. The van der Waals surface area contributed by atoms with E-state index in [1.54, 1.807) is 0 Å². The third kappa shape index (κ3) is 6.28. The Labute approximate surface area is 117 Å². The zero-order valence-electron chi connectivity index (χ0n) is 13.3. The van der Waals surface area contributed by atoms with Crippen molar-refractivity contribution in [3.8, 4) is 0 Å². The monoisotopic (exact) mass is 270 g/mol. The molecule has 112 valence electrons. The highest BCUT2D eigenvalue weighted by atomic mass is 16.6. The average Bonchev–Trinajstić information content (AvgIpc) is 2.64. The van der Waals surface area contributed by atoms with Crippen molar-refractivity contribution < 1.29 is 9.53 Å². The van der Waals surface area contributed by atoms with Crippen molar-refractivity contribution >= 4 is 6.09 Å². The largest absolute Gasteiger partial charge is 0.444 e. The first-order chi connectivity index (χ1) is 8.58. The second kappa shape index (κ2) is 6.12. The molecular formula is C15H30N2O2. The van der Waals surface area contributed by atoms with Gasteiger partial charge in [0.1, 0.15) is 5.60 Å². The van der Waals surface area contributed by atoms with Crippen LogP contribution >= 0.6 is 0 Å². The van der Waals surface area contributed by atoms with Gasteiger partial charge in [0.15, 0.2) is 0 Å². The van der Waals surface area contributed by atoms with E-state index in [1.807, 2.05) is 20.8 Å². The highest BCUT2D eigenvalue weighted by molar-refractivity contribution is 5.68. The number of carbonyl (C=O) groups excluding carboxylic acids is 1. The Kier molecular flexibility index (Phi) is 5.25. The third-order valence-electron chi connectivity index (χ3n) is 3.42. The quantitative estimate of drug-likeness (QED) is 0.828. The van der Waals surface area contributed by atoms with Crippen molar-refractivity contribution in [1.82, 2.24) is 10.6 Å². The molecular weight excluding hydrogens is 240 g/mol. The van der Waals surface area contributed by atoms with Gasteiger partial charge in [-0.25, -0.2) is 4.79 Å².